The molecule has 0 saturated heterocycles. The van der Waals surface area contributed by atoms with Gasteiger partial charge in [0.2, 0.25) is 5.91 Å². The molecule has 0 saturated carbocycles. The van der Waals surface area contributed by atoms with Gasteiger partial charge in [-0.15, -0.1) is 0 Å². The molecule has 0 bridgehead atoms. The van der Waals surface area contributed by atoms with Crippen molar-refractivity contribution in [3.8, 4) is 17.2 Å². The zero-order valence-electron chi connectivity index (χ0n) is 18.4. The monoisotopic (exact) mass is 414 g/mol. The highest BCUT2D eigenvalue weighted by Crippen LogP contribution is 2.33. The van der Waals surface area contributed by atoms with Gasteiger partial charge >= 0.3 is 0 Å². The molecule has 0 unspecified atom stereocenters. The van der Waals surface area contributed by atoms with E-state index in [1.54, 1.807) is 43.5 Å². The van der Waals surface area contributed by atoms with Gasteiger partial charge in [-0.2, -0.15) is 0 Å². The van der Waals surface area contributed by atoms with E-state index in [1.807, 2.05) is 27.7 Å². The van der Waals surface area contributed by atoms with Gasteiger partial charge in [-0.05, 0) is 43.5 Å². The third-order valence-electron chi connectivity index (χ3n) is 4.66. The van der Waals surface area contributed by atoms with Gasteiger partial charge in [0.1, 0.15) is 11.8 Å². The third kappa shape index (κ3) is 5.43. The van der Waals surface area contributed by atoms with E-state index in [4.69, 9.17) is 14.2 Å². The van der Waals surface area contributed by atoms with Crippen molar-refractivity contribution in [2.24, 2.45) is 5.92 Å². The first kappa shape index (κ1) is 23.1. The van der Waals surface area contributed by atoms with E-state index in [1.165, 1.54) is 7.11 Å². The van der Waals surface area contributed by atoms with Crippen LogP contribution in [-0.4, -0.2) is 38.7 Å². The second-order valence-corrected chi connectivity index (χ2v) is 7.14. The van der Waals surface area contributed by atoms with Crippen LogP contribution in [0.3, 0.4) is 0 Å². The zero-order valence-corrected chi connectivity index (χ0v) is 18.4. The Morgan fingerprint density at radius 3 is 2.23 bits per heavy atom. The molecule has 0 aliphatic rings. The number of para-hydroxylation sites is 1. The lowest BCUT2D eigenvalue weighted by Gasteiger charge is -2.23. The fourth-order valence-corrected chi connectivity index (χ4v) is 3.02. The Morgan fingerprint density at radius 2 is 1.63 bits per heavy atom. The summed E-state index contributed by atoms with van der Waals surface area (Å²) in [5, 5.41) is 5.73. The molecule has 162 valence electrons. The van der Waals surface area contributed by atoms with Crippen molar-refractivity contribution in [3.05, 3.63) is 47.5 Å². The summed E-state index contributed by atoms with van der Waals surface area (Å²) in [4.78, 5) is 25.9. The van der Waals surface area contributed by atoms with Crippen LogP contribution in [0.15, 0.2) is 36.4 Å². The van der Waals surface area contributed by atoms with Crippen molar-refractivity contribution < 1.29 is 23.8 Å². The molecular formula is C23H30N2O5. The Labute approximate surface area is 177 Å². The number of rotatable bonds is 9. The van der Waals surface area contributed by atoms with Crippen LogP contribution in [-0.2, 0) is 4.79 Å². The highest BCUT2D eigenvalue weighted by atomic mass is 16.5. The molecule has 2 amide bonds. The van der Waals surface area contributed by atoms with E-state index in [0.717, 1.165) is 5.56 Å². The number of ether oxygens (including phenoxy) is 3. The van der Waals surface area contributed by atoms with Crippen LogP contribution < -0.4 is 24.8 Å². The van der Waals surface area contributed by atoms with Crippen molar-refractivity contribution in [3.63, 3.8) is 0 Å². The molecular weight excluding hydrogens is 384 g/mol. The molecule has 0 aromatic heterocycles. The highest BCUT2D eigenvalue weighted by molar-refractivity contribution is 6.02. The highest BCUT2D eigenvalue weighted by Gasteiger charge is 2.26. The summed E-state index contributed by atoms with van der Waals surface area (Å²) in [6.07, 6.45) is 0. The number of benzene rings is 2. The van der Waals surface area contributed by atoms with Crippen molar-refractivity contribution in [2.75, 3.05) is 26.1 Å². The minimum atomic E-state index is -0.736. The van der Waals surface area contributed by atoms with Gasteiger partial charge in [-0.25, -0.2) is 0 Å². The maximum absolute atomic E-state index is 13.0. The van der Waals surface area contributed by atoms with Gasteiger partial charge in [0, 0.05) is 11.8 Å². The fourth-order valence-electron chi connectivity index (χ4n) is 3.02. The first-order valence-corrected chi connectivity index (χ1v) is 9.88. The SMILES string of the molecule is CCOc1ccccc1C(=O)N[C@@H](C(=O)Nc1cc(OC)c(OC)cc1C)C(C)C. The summed E-state index contributed by atoms with van der Waals surface area (Å²) in [5.41, 5.74) is 1.80. The number of carbonyl (C=O) groups excluding carboxylic acids is 2. The molecule has 1 atom stereocenters. The summed E-state index contributed by atoms with van der Waals surface area (Å²) in [5.74, 6) is 0.757. The molecule has 0 heterocycles. The zero-order chi connectivity index (χ0) is 22.3. The van der Waals surface area contributed by atoms with Gasteiger partial charge in [0.25, 0.3) is 5.91 Å². The molecule has 7 nitrogen and oxygen atoms in total. The van der Waals surface area contributed by atoms with Crippen LogP contribution in [0.25, 0.3) is 0 Å². The first-order chi connectivity index (χ1) is 14.3. The molecule has 0 radical (unpaired) electrons. The van der Waals surface area contributed by atoms with Gasteiger partial charge in [0.05, 0.1) is 26.4 Å². The second-order valence-electron chi connectivity index (χ2n) is 7.14. The maximum atomic E-state index is 13.0. The minimum Gasteiger partial charge on any atom is -0.493 e. The average molecular weight is 415 g/mol. The van der Waals surface area contributed by atoms with Crippen LogP contribution in [0, 0.1) is 12.8 Å². The van der Waals surface area contributed by atoms with Crippen molar-refractivity contribution >= 4 is 17.5 Å². The smallest absolute Gasteiger partial charge is 0.255 e. The lowest BCUT2D eigenvalue weighted by atomic mass is 10.0. The Hall–Kier alpha value is -3.22. The Balaban J connectivity index is 2.23. The van der Waals surface area contributed by atoms with Crippen LogP contribution in [0.5, 0.6) is 17.2 Å². The molecule has 0 aliphatic carbocycles. The summed E-state index contributed by atoms with van der Waals surface area (Å²) >= 11 is 0. The molecule has 0 aliphatic heterocycles. The van der Waals surface area contributed by atoms with E-state index in [-0.39, 0.29) is 17.7 Å². The Bertz CT molecular complexity index is 895. The quantitative estimate of drug-likeness (QED) is 0.652. The summed E-state index contributed by atoms with van der Waals surface area (Å²) < 4.78 is 16.1. The van der Waals surface area contributed by atoms with Crippen molar-refractivity contribution in [2.45, 2.75) is 33.7 Å². The number of carbonyl (C=O) groups is 2. The normalized spacial score (nSPS) is 11.6. The predicted molar refractivity (Wildman–Crippen MR) is 117 cm³/mol. The molecule has 2 N–H and O–H groups in total. The second kappa shape index (κ2) is 10.5. The summed E-state index contributed by atoms with van der Waals surface area (Å²) in [6.45, 7) is 7.90. The van der Waals surface area contributed by atoms with E-state index < -0.39 is 6.04 Å². The summed E-state index contributed by atoms with van der Waals surface area (Å²) in [6, 6.07) is 9.72. The number of hydrogen-bond donors (Lipinski definition) is 2. The topological polar surface area (TPSA) is 85.9 Å². The molecule has 2 rings (SSSR count). The van der Waals surface area contributed by atoms with Crippen molar-refractivity contribution in [1.29, 1.82) is 0 Å². The molecule has 2 aromatic carbocycles. The van der Waals surface area contributed by atoms with E-state index in [0.29, 0.717) is 35.1 Å². The number of methoxy groups -OCH3 is 2. The Morgan fingerprint density at radius 1 is 1.00 bits per heavy atom. The standard InChI is InChI=1S/C23H30N2O5/c1-7-30-18-11-9-8-10-16(18)22(26)25-21(14(2)3)23(27)24-17-13-20(29-6)19(28-5)12-15(17)4/h8-14,21H,7H2,1-6H3,(H,24,27)(H,25,26)/t21-/m1/s1. The minimum absolute atomic E-state index is 0.131. The summed E-state index contributed by atoms with van der Waals surface area (Å²) in [7, 11) is 3.09. The number of amides is 2. The molecule has 0 spiro atoms. The van der Waals surface area contributed by atoms with E-state index in [9.17, 15) is 9.59 Å². The van der Waals surface area contributed by atoms with E-state index in [2.05, 4.69) is 10.6 Å². The maximum Gasteiger partial charge on any atom is 0.255 e. The number of aryl methyl sites for hydroxylation is 1. The first-order valence-electron chi connectivity index (χ1n) is 9.88. The number of anilines is 1. The van der Waals surface area contributed by atoms with Crippen LogP contribution in [0.2, 0.25) is 0 Å². The van der Waals surface area contributed by atoms with Crippen LogP contribution in [0.1, 0.15) is 36.7 Å². The Kier molecular flexibility index (Phi) is 8.09. The number of nitrogens with one attached hydrogen (secondary N) is 2. The lowest BCUT2D eigenvalue weighted by molar-refractivity contribution is -0.118. The van der Waals surface area contributed by atoms with Gasteiger partial charge in [-0.1, -0.05) is 26.0 Å². The molecule has 7 heteroatoms. The van der Waals surface area contributed by atoms with Gasteiger partial charge < -0.3 is 24.8 Å². The van der Waals surface area contributed by atoms with Gasteiger partial charge in [-0.3, -0.25) is 9.59 Å². The largest absolute Gasteiger partial charge is 0.493 e. The van der Waals surface area contributed by atoms with Crippen molar-refractivity contribution in [1.82, 2.24) is 5.32 Å². The van der Waals surface area contributed by atoms with Crippen LogP contribution >= 0.6 is 0 Å². The molecule has 30 heavy (non-hydrogen) atoms. The molecule has 0 fully saturated rings. The predicted octanol–water partition coefficient (Wildman–Crippen LogP) is 3.80. The number of hydrogen-bond acceptors (Lipinski definition) is 5. The average Bonchev–Trinajstić information content (AvgIpc) is 2.73. The van der Waals surface area contributed by atoms with E-state index >= 15 is 0 Å². The molecule has 2 aromatic rings. The lowest BCUT2D eigenvalue weighted by Crippen LogP contribution is -2.47. The van der Waals surface area contributed by atoms with Gasteiger partial charge in [0.15, 0.2) is 11.5 Å². The van der Waals surface area contributed by atoms with Crippen LogP contribution in [0.4, 0.5) is 5.69 Å². The fraction of sp³-hybridized carbons (Fsp3) is 0.391. The third-order valence-corrected chi connectivity index (χ3v) is 4.66.